The molecule has 0 aromatic rings. The van der Waals surface area contributed by atoms with Crippen LogP contribution in [0.3, 0.4) is 0 Å². The van der Waals surface area contributed by atoms with Crippen LogP contribution in [0, 0.1) is 0 Å². The van der Waals surface area contributed by atoms with Gasteiger partial charge in [-0.1, -0.05) is 0 Å². The van der Waals surface area contributed by atoms with E-state index in [9.17, 15) is 24.3 Å². The smallest absolute Gasteiger partial charge is 0.327 e. The number of carboxylic acid groups (broad SMARTS) is 2. The number of carbonyl (C=O) groups is 4. The molecule has 0 unspecified atom stereocenters. The molecule has 22 heavy (non-hydrogen) atoms. The summed E-state index contributed by atoms with van der Waals surface area (Å²) >= 11 is 1.35. The summed E-state index contributed by atoms with van der Waals surface area (Å²) in [5.74, 6) is -2.82. The number of nitrogens with zero attached hydrogens (tertiary/aromatic N) is 1. The van der Waals surface area contributed by atoms with Gasteiger partial charge in [-0.15, -0.1) is 11.8 Å². The number of carbonyl (C=O) groups excluding carboxylic acids is 2. The van der Waals surface area contributed by atoms with Crippen molar-refractivity contribution in [1.82, 2.24) is 10.2 Å². The fraction of sp³-hybridized carbons (Fsp3) is 0.692. The van der Waals surface area contributed by atoms with Crippen molar-refractivity contribution in [3.8, 4) is 0 Å². The maximum absolute atomic E-state index is 12.1. The number of hydrogen-bond acceptors (Lipinski definition) is 5. The van der Waals surface area contributed by atoms with Crippen molar-refractivity contribution >= 4 is 35.5 Å². The molecule has 0 bridgehead atoms. The lowest BCUT2D eigenvalue weighted by molar-refractivity contribution is -0.161. The first-order chi connectivity index (χ1) is 10.1. The van der Waals surface area contributed by atoms with Crippen LogP contribution in [0.2, 0.25) is 0 Å². The Bertz CT molecular complexity index is 535. The summed E-state index contributed by atoms with van der Waals surface area (Å²) in [6, 6.07) is -1.64. The first-order valence-corrected chi connectivity index (χ1v) is 7.77. The Balaban J connectivity index is 1.94. The highest BCUT2D eigenvalue weighted by molar-refractivity contribution is 8.01. The molecule has 0 aromatic heterocycles. The van der Waals surface area contributed by atoms with Crippen molar-refractivity contribution in [2.24, 2.45) is 0 Å². The van der Waals surface area contributed by atoms with E-state index in [1.165, 1.54) is 16.7 Å². The molecule has 3 atom stereocenters. The summed E-state index contributed by atoms with van der Waals surface area (Å²) in [6.07, 6.45) is 0.122. The first-order valence-electron chi connectivity index (χ1n) is 6.89. The molecule has 0 spiro atoms. The quantitative estimate of drug-likeness (QED) is 0.580. The fourth-order valence-electron chi connectivity index (χ4n) is 2.79. The summed E-state index contributed by atoms with van der Waals surface area (Å²) in [4.78, 5) is 46.9. The third kappa shape index (κ3) is 2.90. The lowest BCUT2D eigenvalue weighted by Gasteiger charge is -2.43. The summed E-state index contributed by atoms with van der Waals surface area (Å²) in [5.41, 5.74) is 0. The third-order valence-electron chi connectivity index (χ3n) is 3.79. The van der Waals surface area contributed by atoms with Gasteiger partial charge in [0, 0.05) is 17.6 Å². The van der Waals surface area contributed by atoms with E-state index in [0.29, 0.717) is 0 Å². The molecule has 2 aliphatic rings. The van der Waals surface area contributed by atoms with E-state index < -0.39 is 40.6 Å². The Hall–Kier alpha value is -1.77. The molecule has 2 aliphatic heterocycles. The van der Waals surface area contributed by atoms with Gasteiger partial charge in [0.15, 0.2) is 0 Å². The van der Waals surface area contributed by atoms with Gasteiger partial charge in [0.25, 0.3) is 0 Å². The van der Waals surface area contributed by atoms with Gasteiger partial charge in [-0.25, -0.2) is 4.79 Å². The number of carboxylic acids is 2. The van der Waals surface area contributed by atoms with E-state index >= 15 is 0 Å². The minimum atomic E-state index is -1.06. The van der Waals surface area contributed by atoms with Crippen molar-refractivity contribution in [1.29, 1.82) is 0 Å². The number of nitrogens with one attached hydrogen (secondary N) is 1. The maximum Gasteiger partial charge on any atom is 0.327 e. The van der Waals surface area contributed by atoms with Crippen LogP contribution >= 0.6 is 11.8 Å². The second-order valence-corrected chi connectivity index (χ2v) is 7.66. The third-order valence-corrected chi connectivity index (χ3v) is 5.36. The molecule has 122 valence electrons. The zero-order chi connectivity index (χ0) is 16.7. The molecule has 2 fully saturated rings. The van der Waals surface area contributed by atoms with Crippen molar-refractivity contribution in [3.63, 3.8) is 0 Å². The van der Waals surface area contributed by atoms with E-state index in [1.54, 1.807) is 13.8 Å². The van der Waals surface area contributed by atoms with Gasteiger partial charge in [-0.3, -0.25) is 14.4 Å². The number of rotatable bonds is 6. The number of aliphatic carboxylic acids is 2. The Kier molecular flexibility index (Phi) is 4.37. The van der Waals surface area contributed by atoms with Gasteiger partial charge in [-0.05, 0) is 20.3 Å². The summed E-state index contributed by atoms with van der Waals surface area (Å²) < 4.78 is -0.630. The van der Waals surface area contributed by atoms with E-state index in [1.807, 2.05) is 0 Å². The largest absolute Gasteiger partial charge is 0.481 e. The average molecular weight is 330 g/mol. The topological polar surface area (TPSA) is 124 Å². The standard InChI is InChI=1S/C13H18N2O6S/c1-13(2)9(12(20)21)15-10(19)8(11(15)22-13)14-6(16)4-3-5-7(17)18/h8-9,11H,3-5H2,1-2H3,(H,14,16)(H,17,18)(H,20,21)/t8-,9+,11-/m1/s1. The molecule has 2 rings (SSSR count). The van der Waals surface area contributed by atoms with Crippen molar-refractivity contribution in [3.05, 3.63) is 0 Å². The van der Waals surface area contributed by atoms with Crippen LogP contribution < -0.4 is 5.32 Å². The maximum atomic E-state index is 12.1. The van der Waals surface area contributed by atoms with Crippen molar-refractivity contribution in [2.45, 2.75) is 55.3 Å². The van der Waals surface area contributed by atoms with Crippen molar-refractivity contribution < 1.29 is 29.4 Å². The first kappa shape index (κ1) is 16.6. The monoisotopic (exact) mass is 330 g/mol. The fourth-order valence-corrected chi connectivity index (χ4v) is 4.42. The van der Waals surface area contributed by atoms with Gasteiger partial charge in [0.2, 0.25) is 11.8 Å². The molecular weight excluding hydrogens is 312 g/mol. The molecule has 2 amide bonds. The molecule has 9 heteroatoms. The number of fused-ring (bicyclic) bond motifs is 1. The Morgan fingerprint density at radius 2 is 1.91 bits per heavy atom. The highest BCUT2D eigenvalue weighted by Crippen LogP contribution is 2.50. The zero-order valence-corrected chi connectivity index (χ0v) is 13.1. The summed E-state index contributed by atoms with van der Waals surface area (Å²) in [5, 5.41) is 20.0. The Morgan fingerprint density at radius 1 is 1.27 bits per heavy atom. The van der Waals surface area contributed by atoms with Crippen LogP contribution in [-0.4, -0.2) is 61.1 Å². The predicted octanol–water partition coefficient (Wildman–Crippen LogP) is -0.127. The molecule has 0 radical (unpaired) electrons. The molecule has 3 N–H and O–H groups in total. The molecular formula is C13H18N2O6S. The zero-order valence-electron chi connectivity index (χ0n) is 12.2. The summed E-state index contributed by atoms with van der Waals surface area (Å²) in [7, 11) is 0. The van der Waals surface area contributed by atoms with E-state index in [4.69, 9.17) is 5.11 Å². The van der Waals surface area contributed by atoms with E-state index in [2.05, 4.69) is 5.32 Å². The van der Waals surface area contributed by atoms with Crippen LogP contribution in [0.15, 0.2) is 0 Å². The average Bonchev–Trinajstić information content (AvgIpc) is 2.64. The van der Waals surface area contributed by atoms with Gasteiger partial charge < -0.3 is 20.4 Å². The minimum absolute atomic E-state index is 0.0270. The second kappa shape index (κ2) is 5.79. The Morgan fingerprint density at radius 3 is 2.45 bits per heavy atom. The predicted molar refractivity (Wildman–Crippen MR) is 77.1 cm³/mol. The van der Waals surface area contributed by atoms with Crippen LogP contribution in [0.1, 0.15) is 33.1 Å². The number of hydrogen-bond donors (Lipinski definition) is 3. The van der Waals surface area contributed by atoms with Gasteiger partial charge in [0.1, 0.15) is 17.5 Å². The SMILES string of the molecule is CC1(C)S[C@@H]2[C@H](NC(=O)CCCC(=O)O)C(=O)N2[C@H]1C(=O)O. The van der Waals surface area contributed by atoms with Crippen LogP contribution in [-0.2, 0) is 19.2 Å². The highest BCUT2D eigenvalue weighted by Gasteiger charge is 2.64. The second-order valence-electron chi connectivity index (χ2n) is 5.89. The molecule has 2 saturated heterocycles. The molecule has 0 aliphatic carbocycles. The normalized spacial score (nSPS) is 28.7. The minimum Gasteiger partial charge on any atom is -0.481 e. The molecule has 2 heterocycles. The Labute approximate surface area is 131 Å². The van der Waals surface area contributed by atoms with Crippen LogP contribution in [0.4, 0.5) is 0 Å². The lowest BCUT2D eigenvalue weighted by atomic mass is 9.96. The van der Waals surface area contributed by atoms with Gasteiger partial charge in [-0.2, -0.15) is 0 Å². The van der Waals surface area contributed by atoms with Crippen LogP contribution in [0.25, 0.3) is 0 Å². The van der Waals surface area contributed by atoms with Crippen LogP contribution in [0.5, 0.6) is 0 Å². The van der Waals surface area contributed by atoms with Gasteiger partial charge >= 0.3 is 11.9 Å². The highest BCUT2D eigenvalue weighted by atomic mass is 32.2. The van der Waals surface area contributed by atoms with E-state index in [-0.39, 0.29) is 24.6 Å². The lowest BCUT2D eigenvalue weighted by Crippen LogP contribution is -2.70. The molecule has 8 nitrogen and oxygen atoms in total. The van der Waals surface area contributed by atoms with Gasteiger partial charge in [0.05, 0.1) is 0 Å². The summed E-state index contributed by atoms with van der Waals surface area (Å²) in [6.45, 7) is 3.52. The van der Waals surface area contributed by atoms with E-state index in [0.717, 1.165) is 0 Å². The molecule has 0 aromatic carbocycles. The molecule has 0 saturated carbocycles. The number of β-lactam (4-membered cyclic amide) rings is 1. The number of thioether (sulfide) groups is 1. The number of amides is 2. The van der Waals surface area contributed by atoms with Crippen molar-refractivity contribution in [2.75, 3.05) is 0 Å².